The zero-order valence-corrected chi connectivity index (χ0v) is 13.7. The largest absolute Gasteiger partial charge is 0.378 e. The van der Waals surface area contributed by atoms with E-state index in [1.54, 1.807) is 30.3 Å². The third-order valence-electron chi connectivity index (χ3n) is 3.27. The number of carbonyl (C=O) groups is 2. The predicted octanol–water partition coefficient (Wildman–Crippen LogP) is 1.34. The van der Waals surface area contributed by atoms with Gasteiger partial charge in [-0.2, -0.15) is 0 Å². The molecule has 6 nitrogen and oxygen atoms in total. The third kappa shape index (κ3) is 6.40. The Morgan fingerprint density at radius 2 is 2.09 bits per heavy atom. The van der Waals surface area contributed by atoms with Gasteiger partial charge < -0.3 is 20.7 Å². The number of halogens is 1. The lowest BCUT2D eigenvalue weighted by Crippen LogP contribution is -2.43. The van der Waals surface area contributed by atoms with E-state index in [2.05, 4.69) is 22.5 Å². The van der Waals surface area contributed by atoms with Crippen LogP contribution in [0.3, 0.4) is 0 Å². The molecule has 3 N–H and O–H groups in total. The fourth-order valence-corrected chi connectivity index (χ4v) is 2.16. The molecule has 126 valence electrons. The summed E-state index contributed by atoms with van der Waals surface area (Å²) in [5, 5.41) is 8.75. The molecular formula is C16H22ClN3O3. The standard InChI is InChI=1S/C16H21N3O3.ClH/c1-2-7-18-16(21)12-3-5-13(6-4-12)19-15(20)10-14-11-22-9-8-17-14;/h2-6,14,17H,1,7-11H2,(H,18,21)(H,19,20);1H. The zero-order chi connectivity index (χ0) is 15.8. The van der Waals surface area contributed by atoms with Gasteiger partial charge in [-0.15, -0.1) is 19.0 Å². The smallest absolute Gasteiger partial charge is 0.251 e. The van der Waals surface area contributed by atoms with Crippen molar-refractivity contribution in [2.75, 3.05) is 31.6 Å². The number of rotatable bonds is 6. The Morgan fingerprint density at radius 1 is 1.35 bits per heavy atom. The Kier molecular flexibility index (Phi) is 8.32. The van der Waals surface area contributed by atoms with Crippen LogP contribution in [-0.4, -0.2) is 44.2 Å². The second-order valence-corrected chi connectivity index (χ2v) is 5.05. The number of morpholine rings is 1. The molecule has 0 bridgehead atoms. The molecule has 0 spiro atoms. The van der Waals surface area contributed by atoms with E-state index in [9.17, 15) is 9.59 Å². The van der Waals surface area contributed by atoms with Crippen molar-refractivity contribution in [1.29, 1.82) is 0 Å². The monoisotopic (exact) mass is 339 g/mol. The van der Waals surface area contributed by atoms with Crippen LogP contribution in [0.25, 0.3) is 0 Å². The summed E-state index contributed by atoms with van der Waals surface area (Å²) in [6.45, 7) is 5.98. The molecule has 1 aromatic carbocycles. The van der Waals surface area contributed by atoms with Gasteiger partial charge in [0.25, 0.3) is 5.91 Å². The molecule has 0 aliphatic carbocycles. The highest BCUT2D eigenvalue weighted by atomic mass is 35.5. The van der Waals surface area contributed by atoms with Gasteiger partial charge in [-0.1, -0.05) is 6.08 Å². The first-order valence-electron chi connectivity index (χ1n) is 7.29. The molecule has 7 heteroatoms. The van der Waals surface area contributed by atoms with Gasteiger partial charge in [0.15, 0.2) is 0 Å². The molecule has 1 aliphatic heterocycles. The summed E-state index contributed by atoms with van der Waals surface area (Å²) in [7, 11) is 0. The zero-order valence-electron chi connectivity index (χ0n) is 12.8. The lowest BCUT2D eigenvalue weighted by Gasteiger charge is -2.23. The summed E-state index contributed by atoms with van der Waals surface area (Å²) < 4.78 is 5.31. The summed E-state index contributed by atoms with van der Waals surface area (Å²) in [5.41, 5.74) is 1.21. The van der Waals surface area contributed by atoms with E-state index in [-0.39, 0.29) is 30.3 Å². The van der Waals surface area contributed by atoms with Crippen LogP contribution in [-0.2, 0) is 9.53 Å². The van der Waals surface area contributed by atoms with Crippen LogP contribution in [0.2, 0.25) is 0 Å². The highest BCUT2D eigenvalue weighted by Gasteiger charge is 2.16. The number of amides is 2. The molecular weight excluding hydrogens is 318 g/mol. The molecule has 1 aromatic rings. The molecule has 0 aromatic heterocycles. The van der Waals surface area contributed by atoms with E-state index in [4.69, 9.17) is 4.74 Å². The van der Waals surface area contributed by atoms with Crippen LogP contribution >= 0.6 is 12.4 Å². The second kappa shape index (κ2) is 9.99. The molecule has 1 unspecified atom stereocenters. The third-order valence-corrected chi connectivity index (χ3v) is 3.27. The number of hydrogen-bond donors (Lipinski definition) is 3. The number of benzene rings is 1. The second-order valence-electron chi connectivity index (χ2n) is 5.05. The fourth-order valence-electron chi connectivity index (χ4n) is 2.16. The molecule has 0 radical (unpaired) electrons. The lowest BCUT2D eigenvalue weighted by molar-refractivity contribution is -0.117. The van der Waals surface area contributed by atoms with Crippen LogP contribution in [0.4, 0.5) is 5.69 Å². The molecule has 23 heavy (non-hydrogen) atoms. The van der Waals surface area contributed by atoms with Crippen LogP contribution in [0.1, 0.15) is 16.8 Å². The van der Waals surface area contributed by atoms with Crippen molar-refractivity contribution in [3.05, 3.63) is 42.5 Å². The summed E-state index contributed by atoms with van der Waals surface area (Å²) in [5.74, 6) is -0.242. The van der Waals surface area contributed by atoms with Crippen LogP contribution in [0, 0.1) is 0 Å². The Morgan fingerprint density at radius 3 is 2.70 bits per heavy atom. The van der Waals surface area contributed by atoms with Gasteiger partial charge >= 0.3 is 0 Å². The predicted molar refractivity (Wildman–Crippen MR) is 92.1 cm³/mol. The van der Waals surface area contributed by atoms with Gasteiger partial charge in [0.1, 0.15) is 0 Å². The normalized spacial score (nSPS) is 16.8. The Labute approximate surface area is 142 Å². The van der Waals surface area contributed by atoms with Crippen molar-refractivity contribution in [2.24, 2.45) is 0 Å². The number of carbonyl (C=O) groups excluding carboxylic acids is 2. The highest BCUT2D eigenvalue weighted by Crippen LogP contribution is 2.11. The summed E-state index contributed by atoms with van der Waals surface area (Å²) in [4.78, 5) is 23.7. The quantitative estimate of drug-likeness (QED) is 0.683. The van der Waals surface area contributed by atoms with Crippen molar-refractivity contribution in [2.45, 2.75) is 12.5 Å². The van der Waals surface area contributed by atoms with Gasteiger partial charge in [0, 0.05) is 36.8 Å². The van der Waals surface area contributed by atoms with Crippen molar-refractivity contribution in [1.82, 2.24) is 10.6 Å². The van der Waals surface area contributed by atoms with Crippen LogP contribution in [0.15, 0.2) is 36.9 Å². The molecule has 1 saturated heterocycles. The van der Waals surface area contributed by atoms with Crippen LogP contribution < -0.4 is 16.0 Å². The SMILES string of the molecule is C=CCNC(=O)c1ccc(NC(=O)CC2COCCN2)cc1.Cl. The van der Waals surface area contributed by atoms with E-state index in [0.29, 0.717) is 37.4 Å². The van der Waals surface area contributed by atoms with Crippen molar-refractivity contribution < 1.29 is 14.3 Å². The first kappa shape index (κ1) is 19.2. The van der Waals surface area contributed by atoms with Crippen molar-refractivity contribution in [3.8, 4) is 0 Å². The maximum absolute atomic E-state index is 11.9. The summed E-state index contributed by atoms with van der Waals surface area (Å²) in [6.07, 6.45) is 1.98. The lowest BCUT2D eigenvalue weighted by atomic mass is 10.1. The van der Waals surface area contributed by atoms with E-state index in [0.717, 1.165) is 6.54 Å². The number of nitrogens with one attached hydrogen (secondary N) is 3. The Balaban J connectivity index is 0.00000264. The first-order valence-corrected chi connectivity index (χ1v) is 7.29. The minimum atomic E-state index is -0.165. The number of hydrogen-bond acceptors (Lipinski definition) is 4. The topological polar surface area (TPSA) is 79.5 Å². The van der Waals surface area contributed by atoms with Gasteiger partial charge in [0.2, 0.25) is 5.91 Å². The molecule has 1 heterocycles. The molecule has 1 atom stereocenters. The highest BCUT2D eigenvalue weighted by molar-refractivity contribution is 5.95. The maximum Gasteiger partial charge on any atom is 0.251 e. The van der Waals surface area contributed by atoms with Gasteiger partial charge in [-0.05, 0) is 24.3 Å². The molecule has 2 amide bonds. The number of ether oxygens (including phenoxy) is 1. The van der Waals surface area contributed by atoms with Gasteiger partial charge in [-0.25, -0.2) is 0 Å². The van der Waals surface area contributed by atoms with Crippen molar-refractivity contribution in [3.63, 3.8) is 0 Å². The minimum Gasteiger partial charge on any atom is -0.378 e. The van der Waals surface area contributed by atoms with Gasteiger partial charge in [0.05, 0.1) is 13.2 Å². The fraction of sp³-hybridized carbons (Fsp3) is 0.375. The maximum atomic E-state index is 11.9. The van der Waals surface area contributed by atoms with E-state index < -0.39 is 0 Å². The first-order chi connectivity index (χ1) is 10.7. The van der Waals surface area contributed by atoms with Crippen LogP contribution in [0.5, 0.6) is 0 Å². The molecule has 0 saturated carbocycles. The molecule has 1 fully saturated rings. The minimum absolute atomic E-state index is 0. The Hall–Kier alpha value is -1.89. The Bertz CT molecular complexity index is 528. The molecule has 1 aliphatic rings. The van der Waals surface area contributed by atoms with E-state index in [1.807, 2.05) is 0 Å². The summed E-state index contributed by atoms with van der Waals surface area (Å²) >= 11 is 0. The van der Waals surface area contributed by atoms with E-state index in [1.165, 1.54) is 0 Å². The summed E-state index contributed by atoms with van der Waals surface area (Å²) in [6, 6.07) is 6.83. The number of anilines is 1. The average molecular weight is 340 g/mol. The van der Waals surface area contributed by atoms with E-state index >= 15 is 0 Å². The average Bonchev–Trinajstić information content (AvgIpc) is 2.54. The van der Waals surface area contributed by atoms with Gasteiger partial charge in [-0.3, -0.25) is 9.59 Å². The van der Waals surface area contributed by atoms with Crippen molar-refractivity contribution >= 4 is 29.9 Å². The molecule has 2 rings (SSSR count).